The molecule has 8 heteroatoms. The minimum Gasteiger partial charge on any atom is -0.369 e. The lowest BCUT2D eigenvalue weighted by molar-refractivity contribution is 0.0949. The Morgan fingerprint density at radius 2 is 1.68 bits per heavy atom. The summed E-state index contributed by atoms with van der Waals surface area (Å²) in [5.74, 6) is -0.0989. The SMILES string of the molecule is CCN1CCN(c2ccc(F)cc2C(C)NC(=O)Nc2ccc(C(=O)NCC(C)C)cc2)CC1. The molecule has 0 radical (unpaired) electrons. The van der Waals surface area contributed by atoms with Gasteiger partial charge in [0.2, 0.25) is 0 Å². The van der Waals surface area contributed by atoms with Crippen molar-refractivity contribution in [2.45, 2.75) is 33.7 Å². The van der Waals surface area contributed by atoms with Crippen molar-refractivity contribution in [3.8, 4) is 0 Å². The third kappa shape index (κ3) is 6.93. The topological polar surface area (TPSA) is 76.7 Å². The van der Waals surface area contributed by atoms with Crippen LogP contribution in [0.4, 0.5) is 20.6 Å². The summed E-state index contributed by atoms with van der Waals surface area (Å²) in [6.45, 7) is 13.3. The molecule has 1 heterocycles. The summed E-state index contributed by atoms with van der Waals surface area (Å²) in [5.41, 5.74) is 2.80. The number of likely N-dealkylation sites (N-methyl/N-ethyl adjacent to an activating group) is 1. The molecule has 0 aromatic heterocycles. The average Bonchev–Trinajstić information content (AvgIpc) is 2.83. The number of carbonyl (C=O) groups excluding carboxylic acids is 2. The van der Waals surface area contributed by atoms with Crippen LogP contribution in [0.1, 0.15) is 49.7 Å². The average molecular weight is 470 g/mol. The summed E-state index contributed by atoms with van der Waals surface area (Å²) >= 11 is 0. The van der Waals surface area contributed by atoms with Crippen LogP contribution in [0, 0.1) is 11.7 Å². The van der Waals surface area contributed by atoms with Crippen LogP contribution in [0.15, 0.2) is 42.5 Å². The maximum atomic E-state index is 14.1. The second kappa shape index (κ2) is 11.8. The van der Waals surface area contributed by atoms with Gasteiger partial charge in [0.15, 0.2) is 0 Å². The van der Waals surface area contributed by atoms with Gasteiger partial charge in [-0.2, -0.15) is 0 Å². The molecule has 0 saturated carbocycles. The highest BCUT2D eigenvalue weighted by molar-refractivity contribution is 5.95. The zero-order valence-electron chi connectivity index (χ0n) is 20.5. The largest absolute Gasteiger partial charge is 0.369 e. The minimum atomic E-state index is -0.393. The first-order valence-corrected chi connectivity index (χ1v) is 12.0. The molecule has 1 aliphatic heterocycles. The molecule has 1 saturated heterocycles. The quantitative estimate of drug-likeness (QED) is 0.541. The number of rotatable bonds is 8. The molecule has 184 valence electrons. The number of anilines is 2. The van der Waals surface area contributed by atoms with E-state index < -0.39 is 12.1 Å². The van der Waals surface area contributed by atoms with E-state index in [9.17, 15) is 14.0 Å². The van der Waals surface area contributed by atoms with Crippen molar-refractivity contribution in [1.82, 2.24) is 15.5 Å². The molecule has 1 fully saturated rings. The summed E-state index contributed by atoms with van der Waals surface area (Å²) < 4.78 is 14.1. The summed E-state index contributed by atoms with van der Waals surface area (Å²) in [7, 11) is 0. The van der Waals surface area contributed by atoms with E-state index in [0.29, 0.717) is 23.7 Å². The first-order chi connectivity index (χ1) is 16.3. The fourth-order valence-electron chi connectivity index (χ4n) is 4.01. The van der Waals surface area contributed by atoms with Crippen molar-refractivity contribution < 1.29 is 14.0 Å². The lowest BCUT2D eigenvalue weighted by atomic mass is 10.0. The van der Waals surface area contributed by atoms with Gasteiger partial charge in [-0.15, -0.1) is 0 Å². The maximum Gasteiger partial charge on any atom is 0.319 e. The molecule has 1 unspecified atom stereocenters. The summed E-state index contributed by atoms with van der Waals surface area (Å²) in [6.07, 6.45) is 0. The van der Waals surface area contributed by atoms with Gasteiger partial charge in [-0.1, -0.05) is 20.8 Å². The van der Waals surface area contributed by atoms with Crippen LogP contribution >= 0.6 is 0 Å². The van der Waals surface area contributed by atoms with Gasteiger partial charge in [0.25, 0.3) is 5.91 Å². The highest BCUT2D eigenvalue weighted by atomic mass is 19.1. The number of benzene rings is 2. The van der Waals surface area contributed by atoms with E-state index in [1.165, 1.54) is 12.1 Å². The summed E-state index contributed by atoms with van der Waals surface area (Å²) in [4.78, 5) is 29.4. The highest BCUT2D eigenvalue weighted by Crippen LogP contribution is 2.28. The molecule has 34 heavy (non-hydrogen) atoms. The zero-order chi connectivity index (χ0) is 24.7. The Balaban J connectivity index is 1.61. The molecule has 0 aliphatic carbocycles. The molecule has 0 spiro atoms. The van der Waals surface area contributed by atoms with Gasteiger partial charge >= 0.3 is 6.03 Å². The number of hydrogen-bond donors (Lipinski definition) is 3. The van der Waals surface area contributed by atoms with Crippen molar-refractivity contribution in [1.29, 1.82) is 0 Å². The molecule has 1 atom stereocenters. The van der Waals surface area contributed by atoms with Gasteiger partial charge in [-0.25, -0.2) is 9.18 Å². The van der Waals surface area contributed by atoms with Gasteiger partial charge < -0.3 is 25.8 Å². The van der Waals surface area contributed by atoms with Crippen molar-refractivity contribution in [3.63, 3.8) is 0 Å². The van der Waals surface area contributed by atoms with Crippen molar-refractivity contribution in [2.75, 3.05) is 49.5 Å². The predicted octanol–water partition coefficient (Wildman–Crippen LogP) is 4.24. The Morgan fingerprint density at radius 1 is 1.00 bits per heavy atom. The van der Waals surface area contributed by atoms with Crippen LogP contribution in [0.3, 0.4) is 0 Å². The van der Waals surface area contributed by atoms with E-state index in [-0.39, 0.29) is 11.7 Å². The molecule has 2 aromatic carbocycles. The van der Waals surface area contributed by atoms with E-state index in [1.54, 1.807) is 30.3 Å². The maximum absolute atomic E-state index is 14.1. The van der Waals surface area contributed by atoms with Crippen LogP contribution in [-0.2, 0) is 0 Å². The van der Waals surface area contributed by atoms with Crippen LogP contribution in [0.25, 0.3) is 0 Å². The fraction of sp³-hybridized carbons (Fsp3) is 0.462. The number of urea groups is 1. The number of nitrogens with one attached hydrogen (secondary N) is 3. The zero-order valence-corrected chi connectivity index (χ0v) is 20.5. The van der Waals surface area contributed by atoms with Gasteiger partial charge in [0.1, 0.15) is 5.82 Å². The highest BCUT2D eigenvalue weighted by Gasteiger charge is 2.22. The lowest BCUT2D eigenvalue weighted by Gasteiger charge is -2.37. The smallest absolute Gasteiger partial charge is 0.319 e. The molecule has 1 aliphatic rings. The predicted molar refractivity (Wildman–Crippen MR) is 135 cm³/mol. The van der Waals surface area contributed by atoms with Gasteiger partial charge in [-0.05, 0) is 61.9 Å². The molecule has 0 bridgehead atoms. The van der Waals surface area contributed by atoms with E-state index in [0.717, 1.165) is 44.0 Å². The van der Waals surface area contributed by atoms with E-state index in [2.05, 4.69) is 32.7 Å². The van der Waals surface area contributed by atoms with Crippen LogP contribution in [-0.4, -0.2) is 56.1 Å². The van der Waals surface area contributed by atoms with Crippen LogP contribution < -0.4 is 20.9 Å². The van der Waals surface area contributed by atoms with E-state index >= 15 is 0 Å². The molecule has 3 N–H and O–H groups in total. The number of amides is 3. The molecule has 7 nitrogen and oxygen atoms in total. The van der Waals surface area contributed by atoms with Crippen molar-refractivity contribution >= 4 is 23.3 Å². The third-order valence-electron chi connectivity index (χ3n) is 6.04. The molecule has 2 aromatic rings. The number of piperazine rings is 1. The van der Waals surface area contributed by atoms with Crippen molar-refractivity contribution in [3.05, 3.63) is 59.4 Å². The van der Waals surface area contributed by atoms with Crippen LogP contribution in [0.5, 0.6) is 0 Å². The Kier molecular flexibility index (Phi) is 8.87. The number of halogens is 1. The molecule has 3 rings (SSSR count). The first-order valence-electron chi connectivity index (χ1n) is 12.0. The van der Waals surface area contributed by atoms with E-state index in [1.807, 2.05) is 20.8 Å². The Bertz CT molecular complexity index is 972. The monoisotopic (exact) mass is 469 g/mol. The fourth-order valence-corrected chi connectivity index (χ4v) is 4.01. The Morgan fingerprint density at radius 3 is 2.29 bits per heavy atom. The second-order valence-corrected chi connectivity index (χ2v) is 9.13. The number of hydrogen-bond acceptors (Lipinski definition) is 4. The Labute approximate surface area is 201 Å². The van der Waals surface area contributed by atoms with Gasteiger partial charge in [-0.3, -0.25) is 4.79 Å². The number of carbonyl (C=O) groups is 2. The third-order valence-corrected chi connectivity index (χ3v) is 6.04. The summed E-state index contributed by atoms with van der Waals surface area (Å²) in [5, 5.41) is 8.57. The van der Waals surface area contributed by atoms with Crippen LogP contribution in [0.2, 0.25) is 0 Å². The Hall–Kier alpha value is -3.13. The minimum absolute atomic E-state index is 0.142. The molecule has 3 amide bonds. The first kappa shape index (κ1) is 25.5. The standard InChI is InChI=1S/C26H36FN5O2/c1-5-31-12-14-32(15-13-31)24-11-8-21(27)16-23(24)19(4)29-26(34)30-22-9-6-20(7-10-22)25(33)28-17-18(2)3/h6-11,16,18-19H,5,12-15,17H2,1-4H3,(H,28,33)(H2,29,30,34). The van der Waals surface area contributed by atoms with Gasteiger partial charge in [0, 0.05) is 55.2 Å². The number of nitrogens with zero attached hydrogens (tertiary/aromatic N) is 2. The molecular formula is C26H36FN5O2. The molecular weight excluding hydrogens is 433 g/mol. The van der Waals surface area contributed by atoms with Gasteiger partial charge in [0.05, 0.1) is 6.04 Å². The van der Waals surface area contributed by atoms with E-state index in [4.69, 9.17) is 0 Å². The second-order valence-electron chi connectivity index (χ2n) is 9.13. The van der Waals surface area contributed by atoms with Crippen molar-refractivity contribution in [2.24, 2.45) is 5.92 Å². The lowest BCUT2D eigenvalue weighted by Crippen LogP contribution is -2.46. The summed E-state index contributed by atoms with van der Waals surface area (Å²) in [6, 6.07) is 10.7. The normalized spacial score (nSPS) is 15.2.